The average Bonchev–Trinajstić information content (AvgIpc) is 2.54. The van der Waals surface area contributed by atoms with Crippen molar-refractivity contribution in [3.8, 4) is 0 Å². The zero-order chi connectivity index (χ0) is 16.7. The lowest BCUT2D eigenvalue weighted by atomic mass is 10.1. The Morgan fingerprint density at radius 1 is 1.22 bits per heavy atom. The lowest BCUT2D eigenvalue weighted by Crippen LogP contribution is -2.43. The van der Waals surface area contributed by atoms with Crippen LogP contribution in [0.5, 0.6) is 0 Å². The van der Waals surface area contributed by atoms with Crippen molar-refractivity contribution in [2.75, 3.05) is 26.3 Å². The van der Waals surface area contributed by atoms with Gasteiger partial charge in [-0.15, -0.1) is 0 Å². The SMILES string of the molecule is CC(=O)NC(C)C(=O)NCc1ccccc1CN1CCOCC1. The van der Waals surface area contributed by atoms with Crippen LogP contribution < -0.4 is 10.6 Å². The number of hydrogen-bond donors (Lipinski definition) is 2. The minimum Gasteiger partial charge on any atom is -0.379 e. The van der Waals surface area contributed by atoms with Crippen molar-refractivity contribution in [1.29, 1.82) is 0 Å². The van der Waals surface area contributed by atoms with E-state index >= 15 is 0 Å². The van der Waals surface area contributed by atoms with Gasteiger partial charge in [-0.3, -0.25) is 14.5 Å². The third-order valence-corrected chi connectivity index (χ3v) is 3.88. The first kappa shape index (κ1) is 17.4. The van der Waals surface area contributed by atoms with E-state index in [4.69, 9.17) is 4.74 Å². The largest absolute Gasteiger partial charge is 0.379 e. The summed E-state index contributed by atoms with van der Waals surface area (Å²) in [5, 5.41) is 5.47. The Bertz CT molecular complexity index is 542. The van der Waals surface area contributed by atoms with Gasteiger partial charge in [0, 0.05) is 33.1 Å². The monoisotopic (exact) mass is 319 g/mol. The Balaban J connectivity index is 1.91. The highest BCUT2D eigenvalue weighted by Gasteiger charge is 2.15. The average molecular weight is 319 g/mol. The first-order valence-corrected chi connectivity index (χ1v) is 7.98. The number of hydrogen-bond acceptors (Lipinski definition) is 4. The molecular weight excluding hydrogens is 294 g/mol. The lowest BCUT2D eigenvalue weighted by Gasteiger charge is -2.27. The van der Waals surface area contributed by atoms with E-state index in [1.807, 2.05) is 18.2 Å². The third-order valence-electron chi connectivity index (χ3n) is 3.88. The quantitative estimate of drug-likeness (QED) is 0.808. The normalized spacial score (nSPS) is 16.6. The van der Waals surface area contributed by atoms with E-state index in [2.05, 4.69) is 21.6 Å². The highest BCUT2D eigenvalue weighted by molar-refractivity contribution is 5.86. The second kappa shape index (κ2) is 8.64. The van der Waals surface area contributed by atoms with Crippen LogP contribution in [-0.2, 0) is 27.4 Å². The molecule has 1 aliphatic rings. The zero-order valence-electron chi connectivity index (χ0n) is 13.8. The third kappa shape index (κ3) is 5.65. The number of morpholine rings is 1. The number of rotatable bonds is 6. The van der Waals surface area contributed by atoms with Gasteiger partial charge in [0.15, 0.2) is 0 Å². The number of benzene rings is 1. The minimum absolute atomic E-state index is 0.179. The van der Waals surface area contributed by atoms with E-state index in [0.717, 1.165) is 38.4 Å². The standard InChI is InChI=1S/C17H25N3O3/c1-13(19-14(2)21)17(22)18-11-15-5-3-4-6-16(15)12-20-7-9-23-10-8-20/h3-6,13H,7-12H2,1-2H3,(H,18,22)(H,19,21). The number of carbonyl (C=O) groups is 2. The van der Waals surface area contributed by atoms with Crippen LogP contribution in [0.15, 0.2) is 24.3 Å². The first-order chi connectivity index (χ1) is 11.1. The van der Waals surface area contributed by atoms with Crippen LogP contribution in [-0.4, -0.2) is 49.1 Å². The summed E-state index contributed by atoms with van der Waals surface area (Å²) >= 11 is 0. The maximum absolute atomic E-state index is 12.0. The number of nitrogens with one attached hydrogen (secondary N) is 2. The molecule has 0 saturated carbocycles. The molecule has 0 bridgehead atoms. The Kier molecular flexibility index (Phi) is 6.55. The molecule has 0 aliphatic carbocycles. The number of amides is 2. The molecule has 1 unspecified atom stereocenters. The summed E-state index contributed by atoms with van der Waals surface area (Å²) in [6.07, 6.45) is 0. The molecular formula is C17H25N3O3. The van der Waals surface area contributed by atoms with Crippen LogP contribution in [0.1, 0.15) is 25.0 Å². The van der Waals surface area contributed by atoms with Crippen molar-refractivity contribution in [2.24, 2.45) is 0 Å². The molecule has 2 amide bonds. The van der Waals surface area contributed by atoms with Gasteiger partial charge in [0.2, 0.25) is 11.8 Å². The number of ether oxygens (including phenoxy) is 1. The number of nitrogens with zero attached hydrogens (tertiary/aromatic N) is 1. The van der Waals surface area contributed by atoms with Crippen LogP contribution >= 0.6 is 0 Å². The van der Waals surface area contributed by atoms with Crippen molar-refractivity contribution in [2.45, 2.75) is 33.0 Å². The fourth-order valence-electron chi connectivity index (χ4n) is 2.59. The van der Waals surface area contributed by atoms with Crippen LogP contribution in [0.25, 0.3) is 0 Å². The van der Waals surface area contributed by atoms with E-state index in [-0.39, 0.29) is 11.8 Å². The van der Waals surface area contributed by atoms with Crippen LogP contribution in [0.4, 0.5) is 0 Å². The van der Waals surface area contributed by atoms with Gasteiger partial charge in [0.05, 0.1) is 13.2 Å². The van der Waals surface area contributed by atoms with Gasteiger partial charge in [-0.25, -0.2) is 0 Å². The van der Waals surface area contributed by atoms with Gasteiger partial charge in [-0.1, -0.05) is 24.3 Å². The minimum atomic E-state index is -0.529. The second-order valence-corrected chi connectivity index (χ2v) is 5.80. The van der Waals surface area contributed by atoms with Crippen molar-refractivity contribution in [3.63, 3.8) is 0 Å². The predicted molar refractivity (Wildman–Crippen MR) is 87.7 cm³/mol. The maximum Gasteiger partial charge on any atom is 0.242 e. The molecule has 2 rings (SSSR count). The molecule has 126 valence electrons. The van der Waals surface area contributed by atoms with Crippen LogP contribution in [0.3, 0.4) is 0 Å². The Morgan fingerprint density at radius 3 is 2.52 bits per heavy atom. The molecule has 1 aromatic carbocycles. The van der Waals surface area contributed by atoms with Gasteiger partial charge in [-0.05, 0) is 18.1 Å². The van der Waals surface area contributed by atoms with Crippen LogP contribution in [0.2, 0.25) is 0 Å². The molecule has 23 heavy (non-hydrogen) atoms. The predicted octanol–water partition coefficient (Wildman–Crippen LogP) is 0.660. The van der Waals surface area contributed by atoms with E-state index < -0.39 is 6.04 Å². The molecule has 6 heteroatoms. The summed E-state index contributed by atoms with van der Waals surface area (Å²) < 4.78 is 5.37. The Morgan fingerprint density at radius 2 is 1.87 bits per heavy atom. The van der Waals surface area contributed by atoms with Crippen LogP contribution in [0, 0.1) is 0 Å². The summed E-state index contributed by atoms with van der Waals surface area (Å²) in [7, 11) is 0. The zero-order valence-corrected chi connectivity index (χ0v) is 13.8. The molecule has 1 fully saturated rings. The molecule has 2 N–H and O–H groups in total. The molecule has 1 atom stereocenters. The summed E-state index contributed by atoms with van der Waals surface area (Å²) in [6, 6.07) is 7.58. The first-order valence-electron chi connectivity index (χ1n) is 7.98. The highest BCUT2D eigenvalue weighted by Crippen LogP contribution is 2.13. The molecule has 0 radical (unpaired) electrons. The van der Waals surface area contributed by atoms with Gasteiger partial charge >= 0.3 is 0 Å². The molecule has 1 aliphatic heterocycles. The second-order valence-electron chi connectivity index (χ2n) is 5.80. The molecule has 1 saturated heterocycles. The summed E-state index contributed by atoms with van der Waals surface area (Å²) in [5.74, 6) is -0.387. The van der Waals surface area contributed by atoms with Crippen molar-refractivity contribution in [1.82, 2.24) is 15.5 Å². The summed E-state index contributed by atoms with van der Waals surface area (Å²) in [6.45, 7) is 7.80. The smallest absolute Gasteiger partial charge is 0.242 e. The fraction of sp³-hybridized carbons (Fsp3) is 0.529. The summed E-state index contributed by atoms with van der Waals surface area (Å²) in [5.41, 5.74) is 2.31. The van der Waals surface area contributed by atoms with Crippen molar-refractivity contribution >= 4 is 11.8 Å². The molecule has 0 spiro atoms. The van der Waals surface area contributed by atoms with E-state index in [0.29, 0.717) is 6.54 Å². The van der Waals surface area contributed by atoms with Gasteiger partial charge in [0.25, 0.3) is 0 Å². The topological polar surface area (TPSA) is 70.7 Å². The highest BCUT2D eigenvalue weighted by atomic mass is 16.5. The molecule has 1 aromatic rings. The van der Waals surface area contributed by atoms with Gasteiger partial charge in [-0.2, -0.15) is 0 Å². The molecule has 6 nitrogen and oxygen atoms in total. The number of carbonyl (C=O) groups excluding carboxylic acids is 2. The van der Waals surface area contributed by atoms with Crippen molar-refractivity contribution < 1.29 is 14.3 Å². The fourth-order valence-corrected chi connectivity index (χ4v) is 2.59. The lowest BCUT2D eigenvalue weighted by molar-refractivity contribution is -0.127. The Labute approximate surface area is 137 Å². The van der Waals surface area contributed by atoms with Gasteiger partial charge in [0.1, 0.15) is 6.04 Å². The molecule has 0 aromatic heterocycles. The summed E-state index contributed by atoms with van der Waals surface area (Å²) in [4.78, 5) is 25.4. The van der Waals surface area contributed by atoms with E-state index in [1.165, 1.54) is 12.5 Å². The van der Waals surface area contributed by atoms with E-state index in [1.54, 1.807) is 6.92 Å². The maximum atomic E-state index is 12.0. The van der Waals surface area contributed by atoms with Crippen molar-refractivity contribution in [3.05, 3.63) is 35.4 Å². The molecule has 1 heterocycles. The Hall–Kier alpha value is -1.92. The van der Waals surface area contributed by atoms with Gasteiger partial charge < -0.3 is 15.4 Å². The van der Waals surface area contributed by atoms with E-state index in [9.17, 15) is 9.59 Å².